The maximum atomic E-state index is 16.0. The summed E-state index contributed by atoms with van der Waals surface area (Å²) in [4.78, 5) is 73.4. The van der Waals surface area contributed by atoms with Crippen molar-refractivity contribution in [2.75, 3.05) is 7.11 Å². The van der Waals surface area contributed by atoms with Crippen molar-refractivity contribution >= 4 is 29.8 Å². The lowest BCUT2D eigenvalue weighted by molar-refractivity contribution is -0.192. The molecule has 20 atom stereocenters. The first kappa shape index (κ1) is 73.7. The van der Waals surface area contributed by atoms with Crippen LogP contribution in [0.3, 0.4) is 0 Å². The number of fused-ring (bicyclic) bond motifs is 4. The fraction of sp³-hybridized carbons (Fsp3) is 0.586. The number of carbonyl (C=O) groups is 5. The SMILES string of the molecule is COC(=O)C[C@H](NC(=O)C[C@@H](NC(=O)C[C@H](NC(=O)C[C@@H](NC(=O)OC(C)(C)C)[C@H]1O[C@@H](c2ccc(F)cc2F)[C@H]2OC(C)(C)O[C@@H]12)[C@H]1O[C@@H](c2ccc(F)cc2F)[C@H]2OC(C)(C)O[C@@H]12)[C@H]1O[C@@H](c2ccc(F)cc2F)[C@H]2OC(C)(C)O[C@@H]12)[C@H]1O[C@@H](c2ccc(F)cc2F)[C@H]2OC(C)(C)O[C@@H]12. The van der Waals surface area contributed by atoms with Crippen molar-refractivity contribution < 1.29 is 125 Å². The maximum Gasteiger partial charge on any atom is 0.407 e. The minimum Gasteiger partial charge on any atom is -0.469 e. The quantitative estimate of drug-likeness (QED) is 0.0476. The summed E-state index contributed by atoms with van der Waals surface area (Å²) in [5.41, 5.74) is -1.79. The van der Waals surface area contributed by atoms with Crippen molar-refractivity contribution in [3.8, 4) is 0 Å². The van der Waals surface area contributed by atoms with Gasteiger partial charge in [0.1, 0.15) is 150 Å². The minimum atomic E-state index is -1.61. The molecule has 0 unspecified atom stereocenters. The first-order valence-corrected chi connectivity index (χ1v) is 33.1. The first-order chi connectivity index (χ1) is 47.3. The van der Waals surface area contributed by atoms with E-state index in [-0.39, 0.29) is 22.3 Å². The van der Waals surface area contributed by atoms with Crippen LogP contribution in [-0.2, 0) is 85.5 Å². The van der Waals surface area contributed by atoms with Crippen LogP contribution >= 0.6 is 0 Å². The highest BCUT2D eigenvalue weighted by atomic mass is 19.2. The smallest absolute Gasteiger partial charge is 0.407 e. The number of carbonyl (C=O) groups excluding carboxylic acids is 5. The zero-order chi connectivity index (χ0) is 72.9. The van der Waals surface area contributed by atoms with Gasteiger partial charge in [0.2, 0.25) is 17.7 Å². The average Bonchev–Trinajstić information content (AvgIpc) is 1.62. The number of nitrogens with one attached hydrogen (secondary N) is 4. The molecule has 0 spiro atoms. The summed E-state index contributed by atoms with van der Waals surface area (Å²) in [6.07, 6.45) is -24.6. The topological polar surface area (TPSA) is 263 Å². The van der Waals surface area contributed by atoms with E-state index in [0.717, 1.165) is 55.6 Å². The molecule has 0 bridgehead atoms. The Morgan fingerprint density at radius 3 is 0.861 bits per heavy atom. The zero-order valence-electron chi connectivity index (χ0n) is 57.1. The molecular weight excluding hydrogens is 1350 g/mol. The molecule has 12 rings (SSSR count). The summed E-state index contributed by atoms with van der Waals surface area (Å²) < 4.78 is 209. The molecule has 0 radical (unpaired) electrons. The van der Waals surface area contributed by atoms with Crippen LogP contribution in [0.15, 0.2) is 72.8 Å². The Bertz CT molecular complexity index is 3830. The van der Waals surface area contributed by atoms with Crippen molar-refractivity contribution in [3.63, 3.8) is 0 Å². The molecule has 8 saturated heterocycles. The summed E-state index contributed by atoms with van der Waals surface area (Å²) in [7, 11) is 1.09. The van der Waals surface area contributed by atoms with Gasteiger partial charge < -0.3 is 87.6 Å². The number of amides is 4. The Hall–Kier alpha value is -7.01. The van der Waals surface area contributed by atoms with Crippen LogP contribution in [0.4, 0.5) is 39.9 Å². The highest BCUT2D eigenvalue weighted by molar-refractivity contribution is 5.83. The van der Waals surface area contributed by atoms with Crippen LogP contribution < -0.4 is 21.3 Å². The molecule has 101 heavy (non-hydrogen) atoms. The van der Waals surface area contributed by atoms with Gasteiger partial charge in [-0.25, -0.2) is 39.9 Å². The van der Waals surface area contributed by atoms with Gasteiger partial charge in [0.15, 0.2) is 23.1 Å². The van der Waals surface area contributed by atoms with Gasteiger partial charge in [-0.2, -0.15) is 0 Å². The molecule has 4 aromatic rings. The Morgan fingerprint density at radius 1 is 0.386 bits per heavy atom. The van der Waals surface area contributed by atoms with Gasteiger partial charge in [0, 0.05) is 65.8 Å². The molecular formula is C70H80F8N4O19. The maximum absolute atomic E-state index is 16.0. The second-order valence-electron chi connectivity index (χ2n) is 29.2. The lowest BCUT2D eigenvalue weighted by Gasteiger charge is -2.33. The Balaban J connectivity index is 0.898. The van der Waals surface area contributed by atoms with Crippen LogP contribution in [0.1, 0.15) is 149 Å². The highest BCUT2D eigenvalue weighted by Gasteiger charge is 2.63. The number of methoxy groups -OCH3 is 1. The second kappa shape index (κ2) is 27.9. The molecule has 8 aliphatic heterocycles. The van der Waals surface area contributed by atoms with E-state index in [1.54, 1.807) is 76.2 Å². The Labute approximate surface area is 575 Å². The van der Waals surface area contributed by atoms with Gasteiger partial charge >= 0.3 is 12.1 Å². The fourth-order valence-corrected chi connectivity index (χ4v) is 14.9. The van der Waals surface area contributed by atoms with Crippen LogP contribution in [-0.4, -0.2) is 163 Å². The van der Waals surface area contributed by atoms with E-state index >= 15 is 31.9 Å². The number of ether oxygens (including phenoxy) is 14. The molecule has 8 fully saturated rings. The molecule has 550 valence electrons. The van der Waals surface area contributed by atoms with Gasteiger partial charge in [0.25, 0.3) is 0 Å². The predicted molar refractivity (Wildman–Crippen MR) is 331 cm³/mol. The predicted octanol–water partition coefficient (Wildman–Crippen LogP) is 8.82. The van der Waals surface area contributed by atoms with E-state index in [1.165, 1.54) is 0 Å². The van der Waals surface area contributed by atoms with Crippen molar-refractivity contribution in [1.82, 2.24) is 21.3 Å². The van der Waals surface area contributed by atoms with Crippen LogP contribution in [0.25, 0.3) is 0 Å². The lowest BCUT2D eigenvalue weighted by atomic mass is 9.94. The van der Waals surface area contributed by atoms with Crippen molar-refractivity contribution in [2.24, 2.45) is 0 Å². The molecule has 0 aliphatic carbocycles. The number of halogens is 8. The number of hydrogen-bond acceptors (Lipinski definition) is 19. The number of rotatable bonds is 20. The van der Waals surface area contributed by atoms with E-state index in [4.69, 9.17) is 66.3 Å². The molecule has 8 heterocycles. The summed E-state index contributed by atoms with van der Waals surface area (Å²) in [5.74, 6) is -17.1. The Morgan fingerprint density at radius 2 is 0.624 bits per heavy atom. The number of benzene rings is 4. The van der Waals surface area contributed by atoms with E-state index in [2.05, 4.69) is 21.3 Å². The summed E-state index contributed by atoms with van der Waals surface area (Å²) in [5, 5.41) is 11.2. The van der Waals surface area contributed by atoms with Gasteiger partial charge in [-0.1, -0.05) is 24.3 Å². The standard InChI is InChI=1S/C70H80F8N4O19/c1-66(2,3)101-65(87)82-43(55-63-59(95-69(8,9)99-63)51(91-55)35-19-15-31(73)23-39(35)77)27-47(85)80-41(53-61-57(93-67(4,5)97-61)49(89-53)33-17-13-29(71)21-37(33)75)25-45(83)79-42(54-62-58(94-68(6,7)98-62)50(90-54)34-18-14-30(72)22-38(34)76)26-46(84)81-44(28-48(86)88-12)56-64-60(96-70(10,11)100-64)52(92-56)36-20-16-32(74)24-40(36)78/h13-24,41-44,49-64H,25-28H2,1-12H3,(H,79,83)(H,80,85)(H,81,84)(H,82,87)/t41-,42+,43+,44-,49-,50-,51-,52-,53+,54+,55+,56+,57+,58+,59+,60+,61-,62-,63-,64-/m0/s1. The normalized spacial score (nSPS) is 32.0. The fourth-order valence-electron chi connectivity index (χ4n) is 14.9. The molecule has 31 heteroatoms. The molecule has 4 N–H and O–H groups in total. The number of hydrogen-bond donors (Lipinski definition) is 4. The van der Waals surface area contributed by atoms with Crippen LogP contribution in [0, 0.1) is 46.5 Å². The molecule has 23 nitrogen and oxygen atoms in total. The van der Waals surface area contributed by atoms with E-state index in [1.807, 2.05) is 0 Å². The zero-order valence-corrected chi connectivity index (χ0v) is 57.1. The van der Waals surface area contributed by atoms with Crippen molar-refractivity contribution in [1.29, 1.82) is 0 Å². The highest BCUT2D eigenvalue weighted by Crippen LogP contribution is 2.52. The van der Waals surface area contributed by atoms with Crippen LogP contribution in [0.5, 0.6) is 0 Å². The summed E-state index contributed by atoms with van der Waals surface area (Å²) in [6.45, 7) is 17.2. The van der Waals surface area contributed by atoms with Crippen LogP contribution in [0.2, 0.25) is 0 Å². The molecule has 4 amide bonds. The first-order valence-electron chi connectivity index (χ1n) is 33.1. The third-order valence-corrected chi connectivity index (χ3v) is 18.6. The third kappa shape index (κ3) is 15.9. The average molecular weight is 1430 g/mol. The van der Waals surface area contributed by atoms with E-state index < -0.39 is 253 Å². The summed E-state index contributed by atoms with van der Waals surface area (Å²) in [6, 6.07) is 5.03. The molecule has 0 saturated carbocycles. The van der Waals surface area contributed by atoms with E-state index in [9.17, 15) is 27.2 Å². The number of alkyl carbamates (subject to hydrolysis) is 1. The largest absolute Gasteiger partial charge is 0.469 e. The monoisotopic (exact) mass is 1430 g/mol. The lowest BCUT2D eigenvalue weighted by Crippen LogP contribution is -2.56. The van der Waals surface area contributed by atoms with Gasteiger partial charge in [0.05, 0.1) is 37.7 Å². The third-order valence-electron chi connectivity index (χ3n) is 18.6. The molecule has 4 aromatic carbocycles. The van der Waals surface area contributed by atoms with Gasteiger partial charge in [-0.15, -0.1) is 0 Å². The molecule has 8 aliphatic rings. The Kier molecular flexibility index (Phi) is 20.4. The molecule has 0 aromatic heterocycles. The van der Waals surface area contributed by atoms with Crippen molar-refractivity contribution in [2.45, 2.75) is 252 Å². The van der Waals surface area contributed by atoms with Crippen molar-refractivity contribution in [3.05, 3.63) is 142 Å². The van der Waals surface area contributed by atoms with Gasteiger partial charge in [-0.3, -0.25) is 19.2 Å². The van der Waals surface area contributed by atoms with E-state index in [0.29, 0.717) is 24.3 Å². The second-order valence-corrected chi connectivity index (χ2v) is 29.2. The summed E-state index contributed by atoms with van der Waals surface area (Å²) >= 11 is 0. The van der Waals surface area contributed by atoms with Gasteiger partial charge in [-0.05, 0) is 100 Å². The minimum absolute atomic E-state index is 0.134. The number of esters is 1.